The topological polar surface area (TPSA) is 80.5 Å². The zero-order chi connectivity index (χ0) is 17.3. The molecule has 0 spiro atoms. The van der Waals surface area contributed by atoms with Crippen molar-refractivity contribution in [3.05, 3.63) is 69.2 Å². The molecule has 0 radical (unpaired) electrons. The number of halogens is 1. The molecule has 24 heavy (non-hydrogen) atoms. The first-order chi connectivity index (χ1) is 11.5. The number of nitro groups is 1. The number of carbonyl (C=O) groups excluding carboxylic acids is 2. The fraction of sp³-hybridized carbons (Fsp3) is 0.176. The average Bonchev–Trinajstić information content (AvgIpc) is 2.83. The van der Waals surface area contributed by atoms with E-state index in [1.54, 1.807) is 12.1 Å². The lowest BCUT2D eigenvalue weighted by molar-refractivity contribution is -0.384. The molecule has 3 rings (SSSR count). The van der Waals surface area contributed by atoms with Gasteiger partial charge in [-0.15, -0.1) is 0 Å². The second kappa shape index (κ2) is 6.41. The number of nitro benzene ring substituents is 1. The quantitative estimate of drug-likeness (QED) is 0.484. The van der Waals surface area contributed by atoms with E-state index >= 15 is 0 Å². The minimum atomic E-state index is -0.527. The summed E-state index contributed by atoms with van der Waals surface area (Å²) in [6.45, 7) is 0. The van der Waals surface area contributed by atoms with Gasteiger partial charge in [-0.1, -0.05) is 23.7 Å². The van der Waals surface area contributed by atoms with Gasteiger partial charge in [0, 0.05) is 23.6 Å². The third-order valence-corrected chi connectivity index (χ3v) is 4.21. The minimum absolute atomic E-state index is 0.0874. The van der Waals surface area contributed by atoms with E-state index < -0.39 is 10.8 Å². The van der Waals surface area contributed by atoms with Crippen molar-refractivity contribution in [2.75, 3.05) is 4.90 Å². The SMILES string of the molecule is O=C1C[C@H](Cc2ccc(Cl)cc2)C(=O)N1c1ccc([N+](=O)[O-])cc1. The van der Waals surface area contributed by atoms with Crippen molar-refractivity contribution in [1.29, 1.82) is 0 Å². The largest absolute Gasteiger partial charge is 0.274 e. The minimum Gasteiger partial charge on any atom is -0.274 e. The monoisotopic (exact) mass is 344 g/mol. The number of nitrogens with zero attached hydrogens (tertiary/aromatic N) is 2. The van der Waals surface area contributed by atoms with Crippen molar-refractivity contribution in [2.45, 2.75) is 12.8 Å². The van der Waals surface area contributed by atoms with Crippen LogP contribution in [0.15, 0.2) is 48.5 Å². The van der Waals surface area contributed by atoms with Gasteiger partial charge in [-0.2, -0.15) is 0 Å². The van der Waals surface area contributed by atoms with Crippen LogP contribution in [0.1, 0.15) is 12.0 Å². The number of hydrogen-bond donors (Lipinski definition) is 0. The van der Waals surface area contributed by atoms with E-state index in [-0.39, 0.29) is 23.9 Å². The zero-order valence-electron chi connectivity index (χ0n) is 12.5. The molecule has 1 saturated heterocycles. The molecule has 0 unspecified atom stereocenters. The van der Waals surface area contributed by atoms with Crippen molar-refractivity contribution in [2.24, 2.45) is 5.92 Å². The van der Waals surface area contributed by atoms with Crippen LogP contribution < -0.4 is 4.90 Å². The highest BCUT2D eigenvalue weighted by molar-refractivity contribution is 6.30. The Hall–Kier alpha value is -2.73. The smallest absolute Gasteiger partial charge is 0.269 e. The lowest BCUT2D eigenvalue weighted by Gasteiger charge is -2.15. The summed E-state index contributed by atoms with van der Waals surface area (Å²) in [5.41, 5.74) is 1.20. The number of amides is 2. The van der Waals surface area contributed by atoms with E-state index in [0.717, 1.165) is 10.5 Å². The summed E-state index contributed by atoms with van der Waals surface area (Å²) in [4.78, 5) is 36.0. The van der Waals surface area contributed by atoms with Crippen molar-refractivity contribution in [3.8, 4) is 0 Å². The molecule has 2 aromatic rings. The second-order valence-corrected chi connectivity index (χ2v) is 6.01. The van der Waals surface area contributed by atoms with Gasteiger partial charge in [0.2, 0.25) is 11.8 Å². The van der Waals surface area contributed by atoms with Gasteiger partial charge in [0.25, 0.3) is 5.69 Å². The summed E-state index contributed by atoms with van der Waals surface area (Å²) in [7, 11) is 0. The van der Waals surface area contributed by atoms with E-state index in [4.69, 9.17) is 11.6 Å². The Morgan fingerprint density at radius 3 is 2.29 bits per heavy atom. The molecule has 1 fully saturated rings. The van der Waals surface area contributed by atoms with Gasteiger partial charge in [0.05, 0.1) is 16.5 Å². The lowest BCUT2D eigenvalue weighted by Crippen LogP contribution is -2.30. The highest BCUT2D eigenvalue weighted by Crippen LogP contribution is 2.30. The molecule has 0 aliphatic carbocycles. The maximum Gasteiger partial charge on any atom is 0.269 e. The van der Waals surface area contributed by atoms with Crippen LogP contribution in [0.2, 0.25) is 5.02 Å². The number of carbonyl (C=O) groups is 2. The van der Waals surface area contributed by atoms with Crippen molar-refractivity contribution in [3.63, 3.8) is 0 Å². The molecule has 122 valence electrons. The predicted molar refractivity (Wildman–Crippen MR) is 88.9 cm³/mol. The number of anilines is 1. The summed E-state index contributed by atoms with van der Waals surface area (Å²) in [5.74, 6) is -1.02. The van der Waals surface area contributed by atoms with Crippen LogP contribution >= 0.6 is 11.6 Å². The van der Waals surface area contributed by atoms with Gasteiger partial charge < -0.3 is 0 Å². The normalized spacial score (nSPS) is 17.4. The van der Waals surface area contributed by atoms with Crippen LogP contribution in [0.5, 0.6) is 0 Å². The van der Waals surface area contributed by atoms with Crippen LogP contribution in [0.3, 0.4) is 0 Å². The zero-order valence-corrected chi connectivity index (χ0v) is 13.3. The van der Waals surface area contributed by atoms with Gasteiger partial charge in [-0.05, 0) is 36.2 Å². The van der Waals surface area contributed by atoms with E-state index in [2.05, 4.69) is 0 Å². The van der Waals surface area contributed by atoms with Gasteiger partial charge in [-0.25, -0.2) is 0 Å². The van der Waals surface area contributed by atoms with Crippen LogP contribution in [0, 0.1) is 16.0 Å². The highest BCUT2D eigenvalue weighted by atomic mass is 35.5. The third-order valence-electron chi connectivity index (χ3n) is 3.95. The predicted octanol–water partition coefficient (Wildman–Crippen LogP) is 3.37. The number of rotatable bonds is 4. The Morgan fingerprint density at radius 1 is 1.08 bits per heavy atom. The third kappa shape index (κ3) is 3.14. The average molecular weight is 345 g/mol. The standard InChI is InChI=1S/C17H13ClN2O4/c18-13-3-1-11(2-4-13)9-12-10-16(21)19(17(12)22)14-5-7-15(8-6-14)20(23)24/h1-8,12H,9-10H2/t12-/m0/s1. The Bertz CT molecular complexity index is 802. The summed E-state index contributed by atoms with van der Waals surface area (Å²) < 4.78 is 0. The molecule has 1 heterocycles. The highest BCUT2D eigenvalue weighted by Gasteiger charge is 2.39. The van der Waals surface area contributed by atoms with Crippen LogP contribution in [0.4, 0.5) is 11.4 Å². The summed E-state index contributed by atoms with van der Waals surface area (Å²) >= 11 is 5.84. The summed E-state index contributed by atoms with van der Waals surface area (Å²) in [6.07, 6.45) is 0.573. The molecule has 6 nitrogen and oxygen atoms in total. The maximum absolute atomic E-state index is 12.6. The molecule has 0 aromatic heterocycles. The van der Waals surface area contributed by atoms with Crippen molar-refractivity contribution < 1.29 is 14.5 Å². The number of non-ortho nitro benzene ring substituents is 1. The Kier molecular flexibility index (Phi) is 4.31. The van der Waals surface area contributed by atoms with Crippen LogP contribution in [0.25, 0.3) is 0 Å². The molecular formula is C17H13ClN2O4. The molecule has 7 heteroatoms. The number of hydrogen-bond acceptors (Lipinski definition) is 4. The molecule has 2 aromatic carbocycles. The molecule has 0 bridgehead atoms. The molecule has 0 N–H and O–H groups in total. The molecular weight excluding hydrogens is 332 g/mol. The number of imide groups is 1. The van der Waals surface area contributed by atoms with E-state index in [1.807, 2.05) is 12.1 Å². The summed E-state index contributed by atoms with van der Waals surface area (Å²) in [5, 5.41) is 11.3. The first-order valence-electron chi connectivity index (χ1n) is 7.31. The number of benzene rings is 2. The Labute approximate surface area is 142 Å². The summed E-state index contributed by atoms with van der Waals surface area (Å²) in [6, 6.07) is 12.5. The molecule has 1 aliphatic rings. The van der Waals surface area contributed by atoms with E-state index in [1.165, 1.54) is 24.3 Å². The van der Waals surface area contributed by atoms with Crippen molar-refractivity contribution in [1.82, 2.24) is 0 Å². The van der Waals surface area contributed by atoms with Gasteiger partial charge in [-0.3, -0.25) is 24.6 Å². The van der Waals surface area contributed by atoms with Crippen LogP contribution in [-0.2, 0) is 16.0 Å². The first-order valence-corrected chi connectivity index (χ1v) is 7.69. The van der Waals surface area contributed by atoms with E-state index in [0.29, 0.717) is 17.1 Å². The molecule has 1 atom stereocenters. The first kappa shape index (κ1) is 16.1. The second-order valence-electron chi connectivity index (χ2n) is 5.57. The molecule has 1 aliphatic heterocycles. The Morgan fingerprint density at radius 2 is 1.71 bits per heavy atom. The molecule has 0 saturated carbocycles. The molecule has 2 amide bonds. The fourth-order valence-electron chi connectivity index (χ4n) is 2.75. The Balaban J connectivity index is 1.78. The van der Waals surface area contributed by atoms with Gasteiger partial charge in [0.15, 0.2) is 0 Å². The fourth-order valence-corrected chi connectivity index (χ4v) is 2.88. The van der Waals surface area contributed by atoms with Gasteiger partial charge >= 0.3 is 0 Å². The van der Waals surface area contributed by atoms with Crippen LogP contribution in [-0.4, -0.2) is 16.7 Å². The van der Waals surface area contributed by atoms with Gasteiger partial charge in [0.1, 0.15) is 0 Å². The maximum atomic E-state index is 12.6. The van der Waals surface area contributed by atoms with Crippen molar-refractivity contribution >= 4 is 34.8 Å². The lowest BCUT2D eigenvalue weighted by atomic mass is 9.98. The van der Waals surface area contributed by atoms with E-state index in [9.17, 15) is 19.7 Å².